The first-order chi connectivity index (χ1) is 13.9. The summed E-state index contributed by atoms with van der Waals surface area (Å²) in [5.74, 6) is 2.96. The average molecular weight is 419 g/mol. The van der Waals surface area contributed by atoms with Crippen molar-refractivity contribution in [2.45, 2.75) is 51.8 Å². The van der Waals surface area contributed by atoms with E-state index in [1.165, 1.54) is 6.42 Å². The lowest BCUT2D eigenvalue weighted by Crippen LogP contribution is -2.45. The molecule has 1 aliphatic carbocycles. The maximum Gasteiger partial charge on any atom is 0.232 e. The van der Waals surface area contributed by atoms with Crippen LogP contribution in [0.15, 0.2) is 28.7 Å². The number of aryl methyl sites for hydroxylation is 1. The minimum absolute atomic E-state index is 0.0121. The van der Waals surface area contributed by atoms with Crippen molar-refractivity contribution >= 4 is 16.7 Å². The molecular formula is C22H30N2O4S. The maximum absolute atomic E-state index is 12.5. The van der Waals surface area contributed by atoms with Crippen molar-refractivity contribution < 1.29 is 18.2 Å². The molecule has 1 fully saturated rings. The molecule has 0 radical (unpaired) electrons. The van der Waals surface area contributed by atoms with E-state index in [9.17, 15) is 9.00 Å². The van der Waals surface area contributed by atoms with Gasteiger partial charge in [-0.3, -0.25) is 9.00 Å². The number of hydrogen-bond donors (Lipinski definition) is 1. The third-order valence-electron chi connectivity index (χ3n) is 5.87. The standard InChI is InChI=1S/C22H30N2O4S/c1-14-6-5-7-19(15(14)2)23-21(25)13-29(26)12-20-16(3)28-22(24-20)17-8-10-18(27-4)11-9-17/h8-11,14-15,19H,5-7,12-13H2,1-4H3,(H,23,25)/t14-,15+,19+,29-/m0/s1. The van der Waals surface area contributed by atoms with E-state index in [-0.39, 0.29) is 23.5 Å². The van der Waals surface area contributed by atoms with Crippen molar-refractivity contribution in [2.75, 3.05) is 12.9 Å². The molecule has 0 unspecified atom stereocenters. The Morgan fingerprint density at radius 3 is 2.69 bits per heavy atom. The number of rotatable bonds is 7. The molecule has 29 heavy (non-hydrogen) atoms. The van der Waals surface area contributed by atoms with Crippen molar-refractivity contribution in [3.8, 4) is 17.2 Å². The zero-order valence-corrected chi connectivity index (χ0v) is 18.4. The van der Waals surface area contributed by atoms with Crippen LogP contribution in [0.4, 0.5) is 0 Å². The van der Waals surface area contributed by atoms with Gasteiger partial charge < -0.3 is 14.5 Å². The molecule has 4 atom stereocenters. The summed E-state index contributed by atoms with van der Waals surface area (Å²) in [4.78, 5) is 16.9. The molecule has 0 spiro atoms. The lowest BCUT2D eigenvalue weighted by molar-refractivity contribution is -0.120. The Bertz CT molecular complexity index is 862. The molecule has 1 saturated carbocycles. The Hall–Kier alpha value is -2.15. The molecule has 3 rings (SSSR count). The van der Waals surface area contributed by atoms with Crippen LogP contribution in [-0.2, 0) is 21.3 Å². The quantitative estimate of drug-likeness (QED) is 0.739. The molecule has 1 amide bonds. The van der Waals surface area contributed by atoms with Crippen molar-refractivity contribution in [2.24, 2.45) is 11.8 Å². The van der Waals surface area contributed by atoms with Crippen LogP contribution in [0.5, 0.6) is 5.75 Å². The van der Waals surface area contributed by atoms with Crippen LogP contribution in [0.1, 0.15) is 44.6 Å². The third kappa shape index (κ3) is 5.47. The van der Waals surface area contributed by atoms with Gasteiger partial charge in [-0.25, -0.2) is 4.98 Å². The Morgan fingerprint density at radius 2 is 2.00 bits per heavy atom. The first-order valence-electron chi connectivity index (χ1n) is 10.1. The monoisotopic (exact) mass is 418 g/mol. The van der Waals surface area contributed by atoms with Crippen molar-refractivity contribution in [1.82, 2.24) is 10.3 Å². The Balaban J connectivity index is 1.57. The van der Waals surface area contributed by atoms with Crippen molar-refractivity contribution in [3.05, 3.63) is 35.7 Å². The van der Waals surface area contributed by atoms with E-state index in [4.69, 9.17) is 9.15 Å². The first-order valence-corrected chi connectivity index (χ1v) is 11.6. The Labute approximate surface area is 174 Å². The summed E-state index contributed by atoms with van der Waals surface area (Å²) >= 11 is 0. The van der Waals surface area contributed by atoms with Crippen LogP contribution in [0.3, 0.4) is 0 Å². The molecule has 1 aromatic heterocycles. The number of carbonyl (C=O) groups excluding carboxylic acids is 1. The van der Waals surface area contributed by atoms with Crippen molar-refractivity contribution in [3.63, 3.8) is 0 Å². The van der Waals surface area contributed by atoms with Crippen molar-refractivity contribution in [1.29, 1.82) is 0 Å². The van der Waals surface area contributed by atoms with Gasteiger partial charge in [-0.05, 0) is 49.4 Å². The van der Waals surface area contributed by atoms with Gasteiger partial charge in [0, 0.05) is 22.4 Å². The number of nitrogens with one attached hydrogen (secondary N) is 1. The van der Waals surface area contributed by atoms with Gasteiger partial charge in [0.2, 0.25) is 11.8 Å². The zero-order chi connectivity index (χ0) is 21.0. The highest BCUT2D eigenvalue weighted by Crippen LogP contribution is 2.29. The number of aromatic nitrogens is 1. The van der Waals surface area contributed by atoms with Gasteiger partial charge >= 0.3 is 0 Å². The predicted octanol–water partition coefficient (Wildman–Crippen LogP) is 3.85. The van der Waals surface area contributed by atoms with Gasteiger partial charge in [0.15, 0.2) is 0 Å². The molecular weight excluding hydrogens is 388 g/mol. The van der Waals surface area contributed by atoms with E-state index in [0.717, 1.165) is 24.2 Å². The van der Waals surface area contributed by atoms with E-state index in [1.807, 2.05) is 24.3 Å². The smallest absolute Gasteiger partial charge is 0.232 e. The highest BCUT2D eigenvalue weighted by atomic mass is 32.2. The normalized spacial score (nSPS) is 22.8. The largest absolute Gasteiger partial charge is 0.497 e. The molecule has 1 N–H and O–H groups in total. The number of hydrogen-bond acceptors (Lipinski definition) is 5. The topological polar surface area (TPSA) is 81.4 Å². The van der Waals surface area contributed by atoms with E-state index < -0.39 is 10.8 Å². The highest BCUT2D eigenvalue weighted by molar-refractivity contribution is 7.84. The van der Waals surface area contributed by atoms with Gasteiger partial charge in [0.1, 0.15) is 17.3 Å². The Morgan fingerprint density at radius 1 is 1.28 bits per heavy atom. The van der Waals surface area contributed by atoms with Gasteiger partial charge in [-0.15, -0.1) is 0 Å². The molecule has 2 aromatic rings. The lowest BCUT2D eigenvalue weighted by atomic mass is 9.78. The summed E-state index contributed by atoms with van der Waals surface area (Å²) in [5, 5.41) is 3.08. The van der Waals surface area contributed by atoms with Crippen LogP contribution in [0.25, 0.3) is 11.5 Å². The fraction of sp³-hybridized carbons (Fsp3) is 0.545. The fourth-order valence-electron chi connectivity index (χ4n) is 3.80. The second kappa shape index (κ2) is 9.57. The van der Waals surface area contributed by atoms with E-state index in [0.29, 0.717) is 29.2 Å². The zero-order valence-electron chi connectivity index (χ0n) is 17.6. The van der Waals surface area contributed by atoms with Crippen LogP contribution in [0.2, 0.25) is 0 Å². The second-order valence-electron chi connectivity index (χ2n) is 7.92. The van der Waals surface area contributed by atoms with Gasteiger partial charge in [-0.2, -0.15) is 0 Å². The molecule has 6 nitrogen and oxygen atoms in total. The molecule has 7 heteroatoms. The van der Waals surface area contributed by atoms with Crippen LogP contribution in [0, 0.1) is 18.8 Å². The summed E-state index contributed by atoms with van der Waals surface area (Å²) in [6.45, 7) is 6.22. The summed E-state index contributed by atoms with van der Waals surface area (Å²) in [5.41, 5.74) is 1.45. The minimum atomic E-state index is -1.34. The predicted molar refractivity (Wildman–Crippen MR) is 114 cm³/mol. The second-order valence-corrected chi connectivity index (χ2v) is 9.38. The number of oxazole rings is 1. The Kier molecular flexibility index (Phi) is 7.11. The number of benzene rings is 1. The molecule has 158 valence electrons. The lowest BCUT2D eigenvalue weighted by Gasteiger charge is -2.34. The van der Waals surface area contributed by atoms with E-state index >= 15 is 0 Å². The summed E-state index contributed by atoms with van der Waals surface area (Å²) in [6.07, 6.45) is 3.34. The van der Waals surface area contributed by atoms with Gasteiger partial charge in [0.25, 0.3) is 0 Å². The maximum atomic E-state index is 12.5. The molecule has 0 bridgehead atoms. The van der Waals surface area contributed by atoms with E-state index in [1.54, 1.807) is 14.0 Å². The van der Waals surface area contributed by atoms with Crippen LogP contribution < -0.4 is 10.1 Å². The molecule has 0 aliphatic heterocycles. The summed E-state index contributed by atoms with van der Waals surface area (Å²) < 4.78 is 23.4. The minimum Gasteiger partial charge on any atom is -0.497 e. The van der Waals surface area contributed by atoms with Crippen LogP contribution in [-0.4, -0.2) is 34.0 Å². The fourth-order valence-corrected chi connectivity index (χ4v) is 4.85. The van der Waals surface area contributed by atoms with Gasteiger partial charge in [0.05, 0.1) is 18.6 Å². The first kappa shape index (κ1) is 21.6. The van der Waals surface area contributed by atoms with Gasteiger partial charge in [-0.1, -0.05) is 26.7 Å². The average Bonchev–Trinajstić information content (AvgIpc) is 3.05. The molecule has 1 aliphatic rings. The number of nitrogens with zero attached hydrogens (tertiary/aromatic N) is 1. The number of ether oxygens (including phenoxy) is 1. The summed E-state index contributed by atoms with van der Waals surface area (Å²) in [7, 11) is 0.276. The molecule has 0 saturated heterocycles. The highest BCUT2D eigenvalue weighted by Gasteiger charge is 2.28. The molecule has 1 heterocycles. The number of amides is 1. The van der Waals surface area contributed by atoms with E-state index in [2.05, 4.69) is 24.1 Å². The summed E-state index contributed by atoms with van der Waals surface area (Å²) in [6, 6.07) is 7.59. The number of carbonyl (C=O) groups is 1. The SMILES string of the molecule is COc1ccc(-c2nc(C[S@](=O)CC(=O)N[C@@H]3CCC[C@H](C)[C@H]3C)c(C)o2)cc1. The number of methoxy groups -OCH3 is 1. The van der Waals surface area contributed by atoms with Crippen LogP contribution >= 0.6 is 0 Å². The third-order valence-corrected chi connectivity index (χ3v) is 7.05. The molecule has 1 aromatic carbocycles.